The summed E-state index contributed by atoms with van der Waals surface area (Å²) >= 11 is 0. The number of ether oxygens (including phenoxy) is 2. The van der Waals surface area contributed by atoms with Gasteiger partial charge in [0, 0.05) is 41.8 Å². The minimum Gasteiger partial charge on any atom is -0.497 e. The SMILES string of the molecule is CCCCn1ccc(-c2cc(OC)ccc2OCc2cccnc2)c(N)c1=O. The molecule has 0 atom stereocenters. The van der Waals surface area contributed by atoms with Crippen molar-refractivity contribution in [2.75, 3.05) is 12.8 Å². The second-order valence-corrected chi connectivity index (χ2v) is 6.51. The van der Waals surface area contributed by atoms with Crippen LogP contribution in [-0.2, 0) is 13.2 Å². The zero-order valence-corrected chi connectivity index (χ0v) is 16.2. The van der Waals surface area contributed by atoms with Gasteiger partial charge in [-0.3, -0.25) is 9.78 Å². The Morgan fingerprint density at radius 1 is 1.18 bits per heavy atom. The van der Waals surface area contributed by atoms with Gasteiger partial charge in [0.2, 0.25) is 0 Å². The second-order valence-electron chi connectivity index (χ2n) is 6.51. The maximum Gasteiger partial charge on any atom is 0.274 e. The first-order valence-electron chi connectivity index (χ1n) is 9.33. The van der Waals surface area contributed by atoms with E-state index in [0.717, 1.165) is 24.0 Å². The number of anilines is 1. The van der Waals surface area contributed by atoms with Gasteiger partial charge in [-0.25, -0.2) is 0 Å². The highest BCUT2D eigenvalue weighted by Crippen LogP contribution is 2.36. The third-order valence-corrected chi connectivity index (χ3v) is 4.55. The fourth-order valence-electron chi connectivity index (χ4n) is 2.95. The minimum atomic E-state index is -0.188. The van der Waals surface area contributed by atoms with Crippen molar-refractivity contribution in [1.29, 1.82) is 0 Å². The number of unbranched alkanes of at least 4 members (excludes halogenated alkanes) is 1. The maximum absolute atomic E-state index is 12.7. The molecule has 0 amide bonds. The van der Waals surface area contributed by atoms with Crippen LogP contribution < -0.4 is 20.8 Å². The molecule has 146 valence electrons. The first kappa shape index (κ1) is 19.5. The average Bonchev–Trinajstić information content (AvgIpc) is 2.74. The van der Waals surface area contributed by atoms with Crippen LogP contribution in [0.4, 0.5) is 5.69 Å². The molecule has 0 fully saturated rings. The molecule has 0 unspecified atom stereocenters. The molecule has 3 rings (SSSR count). The Bertz CT molecular complexity index is 984. The van der Waals surface area contributed by atoms with Gasteiger partial charge >= 0.3 is 0 Å². The Morgan fingerprint density at radius 2 is 2.04 bits per heavy atom. The fraction of sp³-hybridized carbons (Fsp3) is 0.273. The summed E-state index contributed by atoms with van der Waals surface area (Å²) in [5.74, 6) is 1.29. The van der Waals surface area contributed by atoms with Gasteiger partial charge in [0.05, 0.1) is 7.11 Å². The number of rotatable bonds is 8. The third kappa shape index (κ3) is 4.34. The Labute approximate surface area is 164 Å². The highest BCUT2D eigenvalue weighted by Gasteiger charge is 2.15. The van der Waals surface area contributed by atoms with Crippen molar-refractivity contribution in [1.82, 2.24) is 9.55 Å². The summed E-state index contributed by atoms with van der Waals surface area (Å²) in [4.78, 5) is 16.8. The summed E-state index contributed by atoms with van der Waals surface area (Å²) in [5, 5.41) is 0. The molecule has 0 saturated heterocycles. The smallest absolute Gasteiger partial charge is 0.274 e. The Morgan fingerprint density at radius 3 is 2.75 bits per heavy atom. The van der Waals surface area contributed by atoms with Crippen LogP contribution in [-0.4, -0.2) is 16.7 Å². The summed E-state index contributed by atoms with van der Waals surface area (Å²) in [6, 6.07) is 11.1. The van der Waals surface area contributed by atoms with Crippen molar-refractivity contribution in [3.8, 4) is 22.6 Å². The lowest BCUT2D eigenvalue weighted by Gasteiger charge is -2.15. The van der Waals surface area contributed by atoms with Crippen LogP contribution in [0, 0.1) is 0 Å². The number of nitrogens with zero attached hydrogens (tertiary/aromatic N) is 2. The van der Waals surface area contributed by atoms with Crippen LogP contribution in [0.25, 0.3) is 11.1 Å². The zero-order valence-electron chi connectivity index (χ0n) is 16.2. The van der Waals surface area contributed by atoms with Crippen molar-refractivity contribution < 1.29 is 9.47 Å². The number of hydrogen-bond acceptors (Lipinski definition) is 5. The molecule has 28 heavy (non-hydrogen) atoms. The zero-order chi connectivity index (χ0) is 19.9. The molecular weight excluding hydrogens is 354 g/mol. The molecule has 0 aliphatic carbocycles. The van der Waals surface area contributed by atoms with Crippen molar-refractivity contribution in [2.45, 2.75) is 32.9 Å². The molecule has 0 aliphatic heterocycles. The molecular formula is C22H25N3O3. The van der Waals surface area contributed by atoms with Gasteiger partial charge in [0.1, 0.15) is 23.8 Å². The minimum absolute atomic E-state index is 0.188. The largest absolute Gasteiger partial charge is 0.497 e. The van der Waals surface area contributed by atoms with E-state index in [1.807, 2.05) is 36.4 Å². The van der Waals surface area contributed by atoms with E-state index in [1.165, 1.54) is 0 Å². The average molecular weight is 379 g/mol. The lowest BCUT2D eigenvalue weighted by molar-refractivity contribution is 0.306. The van der Waals surface area contributed by atoms with E-state index in [9.17, 15) is 4.79 Å². The van der Waals surface area contributed by atoms with Gasteiger partial charge in [-0.05, 0) is 36.8 Å². The van der Waals surface area contributed by atoms with Gasteiger partial charge in [0.15, 0.2) is 0 Å². The molecule has 0 bridgehead atoms. The summed E-state index contributed by atoms with van der Waals surface area (Å²) < 4.78 is 13.0. The third-order valence-electron chi connectivity index (χ3n) is 4.55. The Balaban J connectivity index is 1.97. The standard InChI is InChI=1S/C22H25N3O3/c1-3-4-11-25-12-9-18(21(23)22(25)26)19-13-17(27-2)7-8-20(19)28-15-16-6-5-10-24-14-16/h5-10,12-14H,3-4,11,15,23H2,1-2H3. The predicted molar refractivity (Wildman–Crippen MR) is 111 cm³/mol. The summed E-state index contributed by atoms with van der Waals surface area (Å²) in [6.07, 6.45) is 7.20. The van der Waals surface area contributed by atoms with E-state index in [-0.39, 0.29) is 11.2 Å². The van der Waals surface area contributed by atoms with Gasteiger partial charge in [-0.1, -0.05) is 19.4 Å². The molecule has 0 saturated carbocycles. The van der Waals surface area contributed by atoms with Gasteiger partial charge in [-0.2, -0.15) is 0 Å². The molecule has 1 aromatic carbocycles. The lowest BCUT2D eigenvalue weighted by atomic mass is 10.0. The van der Waals surface area contributed by atoms with Crippen LogP contribution in [0.3, 0.4) is 0 Å². The topological polar surface area (TPSA) is 79.4 Å². The molecule has 2 N–H and O–H groups in total. The van der Waals surface area contributed by atoms with E-state index in [2.05, 4.69) is 11.9 Å². The number of hydrogen-bond donors (Lipinski definition) is 1. The Kier molecular flexibility index (Phi) is 6.32. The molecule has 6 nitrogen and oxygen atoms in total. The number of pyridine rings is 2. The molecule has 0 aliphatic rings. The second kappa shape index (κ2) is 9.08. The number of aromatic nitrogens is 2. The van der Waals surface area contributed by atoms with E-state index in [4.69, 9.17) is 15.2 Å². The first-order chi connectivity index (χ1) is 13.6. The van der Waals surface area contributed by atoms with E-state index in [1.54, 1.807) is 30.3 Å². The molecule has 0 spiro atoms. The van der Waals surface area contributed by atoms with Crippen LogP contribution in [0.5, 0.6) is 11.5 Å². The molecule has 2 aromatic heterocycles. The summed E-state index contributed by atoms with van der Waals surface area (Å²) in [7, 11) is 1.60. The van der Waals surface area contributed by atoms with Crippen LogP contribution in [0.15, 0.2) is 59.8 Å². The Hall–Kier alpha value is -3.28. The van der Waals surface area contributed by atoms with E-state index in [0.29, 0.717) is 30.2 Å². The van der Waals surface area contributed by atoms with E-state index < -0.39 is 0 Å². The molecule has 2 heterocycles. The van der Waals surface area contributed by atoms with Crippen LogP contribution in [0.1, 0.15) is 25.3 Å². The van der Waals surface area contributed by atoms with Crippen molar-refractivity contribution in [3.63, 3.8) is 0 Å². The van der Waals surface area contributed by atoms with Gasteiger partial charge in [0.25, 0.3) is 5.56 Å². The number of benzene rings is 1. The van der Waals surface area contributed by atoms with Crippen LogP contribution >= 0.6 is 0 Å². The lowest BCUT2D eigenvalue weighted by Crippen LogP contribution is -2.23. The highest BCUT2D eigenvalue weighted by molar-refractivity contribution is 5.80. The monoisotopic (exact) mass is 379 g/mol. The first-order valence-corrected chi connectivity index (χ1v) is 9.33. The van der Waals surface area contributed by atoms with Crippen molar-refractivity contribution in [3.05, 3.63) is 70.9 Å². The van der Waals surface area contributed by atoms with E-state index >= 15 is 0 Å². The molecule has 6 heteroatoms. The number of aryl methyl sites for hydroxylation is 1. The normalized spacial score (nSPS) is 10.6. The summed E-state index contributed by atoms with van der Waals surface area (Å²) in [5.41, 5.74) is 8.54. The molecule has 0 radical (unpaired) electrons. The number of methoxy groups -OCH3 is 1. The summed E-state index contributed by atoms with van der Waals surface area (Å²) in [6.45, 7) is 3.10. The fourth-order valence-corrected chi connectivity index (χ4v) is 2.95. The molecule has 3 aromatic rings. The number of nitrogens with two attached hydrogens (primary N) is 1. The van der Waals surface area contributed by atoms with Crippen molar-refractivity contribution in [2.24, 2.45) is 0 Å². The van der Waals surface area contributed by atoms with Gasteiger partial charge in [-0.15, -0.1) is 0 Å². The quantitative estimate of drug-likeness (QED) is 0.642. The van der Waals surface area contributed by atoms with Crippen LogP contribution in [0.2, 0.25) is 0 Å². The highest BCUT2D eigenvalue weighted by atomic mass is 16.5. The van der Waals surface area contributed by atoms with Gasteiger partial charge < -0.3 is 19.8 Å². The maximum atomic E-state index is 12.7. The predicted octanol–water partition coefficient (Wildman–Crippen LogP) is 3.88. The number of nitrogen functional groups attached to an aromatic ring is 1. The van der Waals surface area contributed by atoms with Crippen molar-refractivity contribution >= 4 is 5.69 Å².